The Morgan fingerprint density at radius 3 is 2.30 bits per heavy atom. The van der Waals surface area contributed by atoms with Crippen molar-refractivity contribution in [2.75, 3.05) is 26.7 Å². The van der Waals surface area contributed by atoms with Crippen LogP contribution in [0, 0.1) is 17.8 Å². The first-order valence-corrected chi connectivity index (χ1v) is 8.43. The number of carbonyl (C=O) groups excluding carboxylic acids is 1. The van der Waals surface area contributed by atoms with Gasteiger partial charge in [-0.1, -0.05) is 12.8 Å². The Balaban J connectivity index is 0.00000264. The normalized spacial score (nSPS) is 26.7. The quantitative estimate of drug-likeness (QED) is 0.834. The van der Waals surface area contributed by atoms with Crippen molar-refractivity contribution in [3.05, 3.63) is 0 Å². The third-order valence-corrected chi connectivity index (χ3v) is 5.23. The van der Waals surface area contributed by atoms with Crippen LogP contribution in [0.1, 0.15) is 44.9 Å². The second-order valence-electron chi connectivity index (χ2n) is 6.70. The third-order valence-electron chi connectivity index (χ3n) is 5.23. The van der Waals surface area contributed by atoms with E-state index in [0.29, 0.717) is 31.8 Å². The fourth-order valence-corrected chi connectivity index (χ4v) is 3.84. The molecule has 7 heteroatoms. The molecule has 0 aromatic carbocycles. The van der Waals surface area contributed by atoms with Gasteiger partial charge in [-0.05, 0) is 51.6 Å². The number of nitrogens with one attached hydrogen (secondary N) is 1. The van der Waals surface area contributed by atoms with Crippen molar-refractivity contribution in [2.24, 2.45) is 17.8 Å². The lowest BCUT2D eigenvalue weighted by Gasteiger charge is -2.38. The van der Waals surface area contributed by atoms with E-state index in [2.05, 4.69) is 5.32 Å². The number of amides is 1. The van der Waals surface area contributed by atoms with E-state index in [0.717, 1.165) is 32.2 Å². The minimum atomic E-state index is -4.24. The number of carbonyl (C=O) groups is 1. The number of rotatable bonds is 4. The van der Waals surface area contributed by atoms with Crippen LogP contribution in [0.15, 0.2) is 0 Å². The molecule has 0 aromatic rings. The zero-order valence-corrected chi connectivity index (χ0v) is 14.5. The molecule has 0 aromatic heterocycles. The monoisotopic (exact) mass is 356 g/mol. The lowest BCUT2D eigenvalue weighted by atomic mass is 9.77. The predicted molar refractivity (Wildman–Crippen MR) is 86.6 cm³/mol. The third kappa shape index (κ3) is 5.52. The molecule has 1 saturated carbocycles. The lowest BCUT2D eigenvalue weighted by Crippen LogP contribution is -2.47. The van der Waals surface area contributed by atoms with Gasteiger partial charge in [-0.15, -0.1) is 12.4 Å². The highest BCUT2D eigenvalue weighted by Crippen LogP contribution is 2.42. The van der Waals surface area contributed by atoms with Gasteiger partial charge < -0.3 is 10.2 Å². The molecule has 2 rings (SSSR count). The minimum absolute atomic E-state index is 0. The van der Waals surface area contributed by atoms with Crippen LogP contribution in [0.2, 0.25) is 0 Å². The molecule has 0 spiro atoms. The van der Waals surface area contributed by atoms with Gasteiger partial charge in [-0.25, -0.2) is 0 Å². The van der Waals surface area contributed by atoms with Crippen molar-refractivity contribution in [3.63, 3.8) is 0 Å². The summed E-state index contributed by atoms with van der Waals surface area (Å²) in [5, 5.41) is 3.12. The van der Waals surface area contributed by atoms with Gasteiger partial charge in [0.2, 0.25) is 5.91 Å². The molecule has 136 valence electrons. The number of likely N-dealkylation sites (tertiary alicyclic amines) is 1. The first kappa shape index (κ1) is 20.6. The standard InChI is InChI=1S/C16H27F3N2O.ClH/c1-20-9-6-12-7-10-21(11-8-12)15(22)13-4-2-3-5-14(13)16(17,18)19;/h12-14,20H,2-11H2,1H3;1H. The Labute approximate surface area is 142 Å². The van der Waals surface area contributed by atoms with Gasteiger partial charge in [-0.2, -0.15) is 13.2 Å². The van der Waals surface area contributed by atoms with Gasteiger partial charge in [-0.3, -0.25) is 4.79 Å². The Kier molecular flexibility index (Phi) is 8.14. The van der Waals surface area contributed by atoms with E-state index in [9.17, 15) is 18.0 Å². The van der Waals surface area contributed by atoms with Gasteiger partial charge >= 0.3 is 6.18 Å². The van der Waals surface area contributed by atoms with Gasteiger partial charge in [0.25, 0.3) is 0 Å². The summed E-state index contributed by atoms with van der Waals surface area (Å²) in [6.07, 6.45) is 0.482. The van der Waals surface area contributed by atoms with E-state index in [1.807, 2.05) is 7.05 Å². The second kappa shape index (κ2) is 9.11. The average molecular weight is 357 g/mol. The van der Waals surface area contributed by atoms with E-state index in [-0.39, 0.29) is 24.7 Å². The molecule has 2 fully saturated rings. The van der Waals surface area contributed by atoms with Crippen LogP contribution in [0.4, 0.5) is 13.2 Å². The summed E-state index contributed by atoms with van der Waals surface area (Å²) in [7, 11) is 1.92. The number of nitrogens with zero attached hydrogens (tertiary/aromatic N) is 1. The van der Waals surface area contributed by atoms with E-state index < -0.39 is 18.0 Å². The maximum Gasteiger partial charge on any atom is 0.392 e. The van der Waals surface area contributed by atoms with Gasteiger partial charge in [0, 0.05) is 19.0 Å². The molecule has 1 aliphatic heterocycles. The summed E-state index contributed by atoms with van der Waals surface area (Å²) in [6, 6.07) is 0. The van der Waals surface area contributed by atoms with Crippen molar-refractivity contribution in [1.29, 1.82) is 0 Å². The van der Waals surface area contributed by atoms with E-state index in [1.165, 1.54) is 0 Å². The molecule has 2 atom stereocenters. The minimum Gasteiger partial charge on any atom is -0.342 e. The molecular formula is C16H28ClF3N2O. The highest BCUT2D eigenvalue weighted by atomic mass is 35.5. The molecule has 0 bridgehead atoms. The van der Waals surface area contributed by atoms with Crippen molar-refractivity contribution in [1.82, 2.24) is 10.2 Å². The molecule has 23 heavy (non-hydrogen) atoms. The van der Waals surface area contributed by atoms with Gasteiger partial charge in [0.15, 0.2) is 0 Å². The predicted octanol–water partition coefficient (Wildman–Crippen LogP) is 3.63. The van der Waals surface area contributed by atoms with E-state index in [4.69, 9.17) is 0 Å². The van der Waals surface area contributed by atoms with Crippen LogP contribution in [-0.2, 0) is 4.79 Å². The van der Waals surface area contributed by atoms with Gasteiger partial charge in [0.1, 0.15) is 0 Å². The fraction of sp³-hybridized carbons (Fsp3) is 0.938. The van der Waals surface area contributed by atoms with Crippen LogP contribution in [-0.4, -0.2) is 43.7 Å². The molecular weight excluding hydrogens is 329 g/mol. The zero-order chi connectivity index (χ0) is 16.2. The summed E-state index contributed by atoms with van der Waals surface area (Å²) in [4.78, 5) is 14.2. The first-order chi connectivity index (χ1) is 10.4. The molecule has 0 radical (unpaired) electrons. The van der Waals surface area contributed by atoms with Crippen molar-refractivity contribution < 1.29 is 18.0 Å². The highest BCUT2D eigenvalue weighted by molar-refractivity contribution is 5.85. The molecule has 3 nitrogen and oxygen atoms in total. The highest BCUT2D eigenvalue weighted by Gasteiger charge is 2.49. The summed E-state index contributed by atoms with van der Waals surface area (Å²) < 4.78 is 39.4. The smallest absolute Gasteiger partial charge is 0.342 e. The number of halogens is 4. The molecule has 1 N–H and O–H groups in total. The molecule has 2 unspecified atom stereocenters. The molecule has 2 aliphatic rings. The van der Waals surface area contributed by atoms with Crippen LogP contribution in [0.3, 0.4) is 0 Å². The Hall–Kier alpha value is -0.490. The topological polar surface area (TPSA) is 32.3 Å². The maximum absolute atomic E-state index is 13.1. The molecule has 1 aliphatic carbocycles. The second-order valence-corrected chi connectivity index (χ2v) is 6.70. The number of hydrogen-bond acceptors (Lipinski definition) is 2. The van der Waals surface area contributed by atoms with E-state index in [1.54, 1.807) is 4.90 Å². The number of alkyl halides is 3. The summed E-state index contributed by atoms with van der Waals surface area (Å²) in [5.41, 5.74) is 0. The average Bonchev–Trinajstić information content (AvgIpc) is 2.52. The Morgan fingerprint density at radius 2 is 1.74 bits per heavy atom. The Morgan fingerprint density at radius 1 is 1.13 bits per heavy atom. The maximum atomic E-state index is 13.1. The largest absolute Gasteiger partial charge is 0.392 e. The SMILES string of the molecule is CNCCC1CCN(C(=O)C2CCCCC2C(F)(F)F)CC1.Cl. The van der Waals surface area contributed by atoms with Crippen LogP contribution >= 0.6 is 12.4 Å². The summed E-state index contributed by atoms with van der Waals surface area (Å²) in [5.74, 6) is -1.95. The van der Waals surface area contributed by atoms with Gasteiger partial charge in [0.05, 0.1) is 5.92 Å². The zero-order valence-electron chi connectivity index (χ0n) is 13.7. The van der Waals surface area contributed by atoms with Crippen LogP contribution in [0.25, 0.3) is 0 Å². The van der Waals surface area contributed by atoms with Crippen LogP contribution < -0.4 is 5.32 Å². The van der Waals surface area contributed by atoms with Crippen LogP contribution in [0.5, 0.6) is 0 Å². The number of hydrogen-bond donors (Lipinski definition) is 1. The molecule has 1 saturated heterocycles. The first-order valence-electron chi connectivity index (χ1n) is 8.43. The van der Waals surface area contributed by atoms with Crippen molar-refractivity contribution in [3.8, 4) is 0 Å². The summed E-state index contributed by atoms with van der Waals surface area (Å²) in [6.45, 7) is 2.19. The molecule has 1 heterocycles. The fourth-order valence-electron chi connectivity index (χ4n) is 3.84. The van der Waals surface area contributed by atoms with E-state index >= 15 is 0 Å². The Bertz CT molecular complexity index is 371. The van der Waals surface area contributed by atoms with Crippen molar-refractivity contribution in [2.45, 2.75) is 51.1 Å². The molecule has 1 amide bonds. The number of piperidine rings is 1. The lowest BCUT2D eigenvalue weighted by molar-refractivity contribution is -0.201. The van der Waals surface area contributed by atoms with Crippen molar-refractivity contribution >= 4 is 18.3 Å². The summed E-state index contributed by atoms with van der Waals surface area (Å²) >= 11 is 0.